The minimum absolute atomic E-state index is 0.165. The molecule has 5 heteroatoms. The molecule has 0 bridgehead atoms. The summed E-state index contributed by atoms with van der Waals surface area (Å²) in [5, 5.41) is 3.26. The number of piperidine rings is 1. The first-order chi connectivity index (χ1) is 11.1. The smallest absolute Gasteiger partial charge is 0.231 e. The molecule has 4 nitrogen and oxygen atoms in total. The second-order valence-corrected chi connectivity index (χ2v) is 7.52. The highest BCUT2D eigenvalue weighted by atomic mass is 32.1. The molecule has 2 aliphatic rings. The number of aromatic nitrogens is 1. The highest BCUT2D eigenvalue weighted by molar-refractivity contribution is 7.14. The van der Waals surface area contributed by atoms with Crippen LogP contribution in [0.5, 0.6) is 0 Å². The van der Waals surface area contributed by atoms with E-state index in [9.17, 15) is 4.79 Å². The molecule has 2 aromatic rings. The summed E-state index contributed by atoms with van der Waals surface area (Å²) in [7, 11) is 1.84. The van der Waals surface area contributed by atoms with Gasteiger partial charge in [0, 0.05) is 36.8 Å². The lowest BCUT2D eigenvalue weighted by molar-refractivity contribution is -0.117. The Kier molecular flexibility index (Phi) is 3.60. The first kappa shape index (κ1) is 14.7. The van der Waals surface area contributed by atoms with Crippen molar-refractivity contribution >= 4 is 28.1 Å². The molecular weight excluding hydrogens is 306 g/mol. The van der Waals surface area contributed by atoms with Crippen LogP contribution in [0.3, 0.4) is 0 Å². The van der Waals surface area contributed by atoms with Gasteiger partial charge < -0.3 is 9.80 Å². The highest BCUT2D eigenvalue weighted by Gasteiger charge is 2.25. The molecule has 0 saturated carbocycles. The fourth-order valence-corrected chi connectivity index (χ4v) is 4.41. The van der Waals surface area contributed by atoms with Crippen LogP contribution in [0, 0.1) is 5.92 Å². The first-order valence-corrected chi connectivity index (χ1v) is 9.10. The van der Waals surface area contributed by atoms with E-state index in [4.69, 9.17) is 4.98 Å². The summed E-state index contributed by atoms with van der Waals surface area (Å²) in [6.07, 6.45) is 3.07. The zero-order valence-electron chi connectivity index (χ0n) is 13.6. The van der Waals surface area contributed by atoms with E-state index in [1.54, 1.807) is 16.2 Å². The molecule has 1 aromatic carbocycles. The highest BCUT2D eigenvalue weighted by Crippen LogP contribution is 2.34. The number of hydrogen-bond acceptors (Lipinski definition) is 4. The number of amides is 1. The lowest BCUT2D eigenvalue weighted by Crippen LogP contribution is -2.34. The third-order valence-electron chi connectivity index (χ3n) is 4.87. The van der Waals surface area contributed by atoms with Crippen molar-refractivity contribution < 1.29 is 4.79 Å². The van der Waals surface area contributed by atoms with Gasteiger partial charge in [-0.2, -0.15) is 0 Å². The molecule has 4 rings (SSSR count). The maximum absolute atomic E-state index is 11.8. The third kappa shape index (κ3) is 2.63. The largest absolute Gasteiger partial charge is 0.348 e. The van der Waals surface area contributed by atoms with Crippen LogP contribution in [0.1, 0.15) is 25.3 Å². The Balaban J connectivity index is 1.60. The summed E-state index contributed by atoms with van der Waals surface area (Å²) in [4.78, 5) is 20.8. The fourth-order valence-electron chi connectivity index (χ4n) is 3.53. The van der Waals surface area contributed by atoms with Crippen LogP contribution in [-0.4, -0.2) is 31.0 Å². The standard InChI is InChI=1S/C18H21N3OS/c1-12-4-3-7-21(10-12)18-19-15(11-23-18)13-5-6-16-14(8-13)9-17(22)20(16)2/h5-6,8,11-12H,3-4,7,9-10H2,1-2H3. The molecular formula is C18H21N3OS. The SMILES string of the molecule is CC1CCCN(c2nc(-c3ccc4c(c3)CC(=O)N4C)cs2)C1. The van der Waals surface area contributed by atoms with E-state index in [1.165, 1.54) is 12.8 Å². The van der Waals surface area contributed by atoms with E-state index in [0.29, 0.717) is 6.42 Å². The Hall–Kier alpha value is -1.88. The average Bonchev–Trinajstić information content (AvgIpc) is 3.13. The second kappa shape index (κ2) is 5.64. The molecule has 0 spiro atoms. The molecule has 0 N–H and O–H groups in total. The summed E-state index contributed by atoms with van der Waals surface area (Å²) in [5.74, 6) is 0.913. The van der Waals surface area contributed by atoms with Crippen LogP contribution in [0.15, 0.2) is 23.6 Å². The van der Waals surface area contributed by atoms with Crippen LogP contribution in [0.4, 0.5) is 10.8 Å². The third-order valence-corrected chi connectivity index (χ3v) is 5.77. The van der Waals surface area contributed by atoms with Crippen LogP contribution >= 0.6 is 11.3 Å². The van der Waals surface area contributed by atoms with Gasteiger partial charge in [-0.05, 0) is 36.5 Å². The molecule has 1 saturated heterocycles. The van der Waals surface area contributed by atoms with Gasteiger partial charge in [0.1, 0.15) is 0 Å². The van der Waals surface area contributed by atoms with Gasteiger partial charge in [0.25, 0.3) is 0 Å². The number of hydrogen-bond donors (Lipinski definition) is 0. The van der Waals surface area contributed by atoms with Gasteiger partial charge >= 0.3 is 0 Å². The van der Waals surface area contributed by atoms with Crippen molar-refractivity contribution in [1.82, 2.24) is 4.98 Å². The molecule has 1 fully saturated rings. The van der Waals surface area contributed by atoms with Crippen LogP contribution in [0.25, 0.3) is 11.3 Å². The molecule has 23 heavy (non-hydrogen) atoms. The van der Waals surface area contributed by atoms with Crippen molar-refractivity contribution in [3.05, 3.63) is 29.1 Å². The van der Waals surface area contributed by atoms with E-state index in [-0.39, 0.29) is 5.91 Å². The molecule has 1 atom stereocenters. The Morgan fingerprint density at radius 2 is 2.22 bits per heavy atom. The molecule has 0 aliphatic carbocycles. The predicted molar refractivity (Wildman–Crippen MR) is 95.3 cm³/mol. The lowest BCUT2D eigenvalue weighted by Gasteiger charge is -2.30. The lowest BCUT2D eigenvalue weighted by atomic mass is 10.0. The molecule has 2 aliphatic heterocycles. The van der Waals surface area contributed by atoms with Crippen molar-refractivity contribution in [2.45, 2.75) is 26.2 Å². The van der Waals surface area contributed by atoms with Crippen molar-refractivity contribution in [1.29, 1.82) is 0 Å². The van der Waals surface area contributed by atoms with Crippen LogP contribution in [0.2, 0.25) is 0 Å². The van der Waals surface area contributed by atoms with E-state index in [0.717, 1.165) is 46.6 Å². The molecule has 0 radical (unpaired) electrons. The quantitative estimate of drug-likeness (QED) is 0.846. The summed E-state index contributed by atoms with van der Waals surface area (Å²) in [5.41, 5.74) is 4.27. The van der Waals surface area contributed by atoms with Crippen molar-refractivity contribution in [3.8, 4) is 11.3 Å². The van der Waals surface area contributed by atoms with E-state index < -0.39 is 0 Å². The summed E-state index contributed by atoms with van der Waals surface area (Å²) in [6, 6.07) is 6.23. The van der Waals surface area contributed by atoms with E-state index in [2.05, 4.69) is 29.3 Å². The normalized spacial score (nSPS) is 21.0. The maximum atomic E-state index is 11.8. The Labute approximate surface area is 140 Å². The molecule has 120 valence electrons. The van der Waals surface area contributed by atoms with Gasteiger partial charge in [-0.15, -0.1) is 11.3 Å². The minimum atomic E-state index is 0.165. The Morgan fingerprint density at radius 1 is 1.35 bits per heavy atom. The van der Waals surface area contributed by atoms with Gasteiger partial charge in [-0.25, -0.2) is 4.98 Å². The number of carbonyl (C=O) groups is 1. The van der Waals surface area contributed by atoms with Gasteiger partial charge in [0.2, 0.25) is 5.91 Å². The van der Waals surface area contributed by atoms with Gasteiger partial charge in [-0.3, -0.25) is 4.79 Å². The van der Waals surface area contributed by atoms with Crippen LogP contribution in [-0.2, 0) is 11.2 Å². The zero-order chi connectivity index (χ0) is 16.0. The number of benzene rings is 1. The summed E-state index contributed by atoms with van der Waals surface area (Å²) < 4.78 is 0. The number of thiazole rings is 1. The van der Waals surface area contributed by atoms with E-state index in [1.807, 2.05) is 13.1 Å². The van der Waals surface area contributed by atoms with E-state index >= 15 is 0 Å². The average molecular weight is 327 g/mol. The number of nitrogens with zero attached hydrogens (tertiary/aromatic N) is 3. The summed E-state index contributed by atoms with van der Waals surface area (Å²) in [6.45, 7) is 4.53. The predicted octanol–water partition coefficient (Wildman–Crippen LogP) is 3.57. The Morgan fingerprint density at radius 3 is 3.04 bits per heavy atom. The van der Waals surface area contributed by atoms with Crippen molar-refractivity contribution in [3.63, 3.8) is 0 Å². The monoisotopic (exact) mass is 327 g/mol. The minimum Gasteiger partial charge on any atom is -0.348 e. The molecule has 1 unspecified atom stereocenters. The fraction of sp³-hybridized carbons (Fsp3) is 0.444. The molecule has 1 amide bonds. The van der Waals surface area contributed by atoms with Crippen molar-refractivity contribution in [2.24, 2.45) is 5.92 Å². The topological polar surface area (TPSA) is 36.4 Å². The van der Waals surface area contributed by atoms with Crippen LogP contribution < -0.4 is 9.80 Å². The maximum Gasteiger partial charge on any atom is 0.231 e. The van der Waals surface area contributed by atoms with Gasteiger partial charge in [0.05, 0.1) is 12.1 Å². The second-order valence-electron chi connectivity index (χ2n) is 6.68. The Bertz CT molecular complexity index is 754. The molecule has 3 heterocycles. The van der Waals surface area contributed by atoms with Crippen molar-refractivity contribution in [2.75, 3.05) is 29.9 Å². The number of likely N-dealkylation sites (N-methyl/N-ethyl adjacent to an activating group) is 1. The zero-order valence-corrected chi connectivity index (χ0v) is 14.4. The number of carbonyl (C=O) groups excluding carboxylic acids is 1. The molecule has 1 aromatic heterocycles. The number of anilines is 2. The number of rotatable bonds is 2. The first-order valence-electron chi connectivity index (χ1n) is 8.22. The van der Waals surface area contributed by atoms with Gasteiger partial charge in [0.15, 0.2) is 5.13 Å². The number of fused-ring (bicyclic) bond motifs is 1. The summed E-state index contributed by atoms with van der Waals surface area (Å²) >= 11 is 1.72. The van der Waals surface area contributed by atoms with Gasteiger partial charge in [-0.1, -0.05) is 13.0 Å².